The summed E-state index contributed by atoms with van der Waals surface area (Å²) >= 11 is 0. The van der Waals surface area contributed by atoms with E-state index in [1.165, 1.54) is 5.69 Å². The normalized spacial score (nSPS) is 20.3. The number of pyridine rings is 1. The van der Waals surface area contributed by atoms with Crippen molar-refractivity contribution < 1.29 is 5.11 Å². The molecule has 10 heteroatoms. The van der Waals surface area contributed by atoms with Gasteiger partial charge in [0, 0.05) is 81.1 Å². The lowest BCUT2D eigenvalue weighted by Crippen LogP contribution is -2.54. The quantitative estimate of drug-likeness (QED) is 0.373. The Morgan fingerprint density at radius 2 is 1.80 bits per heavy atom. The standard InChI is InChI=1S/C31H33N9O/c32-31-28(19-27(35-36-31)26-5-1-2-6-29(26)41)39-20-24-7-8-25(21-39)40(24)23-9-11-33-22(18-23)4-3-13-37-14-10-30-34-12-15-38(30)17-16-37/h1-2,5-6,9,11-12,15,18-19,24-25,41H,7-8,10,13-14,16-17,20-21H2,(H2,32,36). The van der Waals surface area contributed by atoms with Crippen LogP contribution in [-0.2, 0) is 13.0 Å². The molecule has 6 heterocycles. The zero-order chi connectivity index (χ0) is 27.8. The Bertz CT molecular complexity index is 1590. The molecule has 3 aliphatic heterocycles. The molecule has 0 aliphatic carbocycles. The zero-order valence-electron chi connectivity index (χ0n) is 22.9. The van der Waals surface area contributed by atoms with Crippen LogP contribution in [0.1, 0.15) is 24.4 Å². The first kappa shape index (κ1) is 25.4. The van der Waals surface area contributed by atoms with E-state index < -0.39 is 0 Å². The highest BCUT2D eigenvalue weighted by molar-refractivity contribution is 5.74. The lowest BCUT2D eigenvalue weighted by molar-refractivity contribution is 0.314. The molecule has 2 unspecified atom stereocenters. The van der Waals surface area contributed by atoms with Crippen LogP contribution in [0.15, 0.2) is 61.1 Å². The minimum absolute atomic E-state index is 0.179. The third kappa shape index (κ3) is 5.05. The first-order valence-corrected chi connectivity index (χ1v) is 14.2. The number of phenols is 1. The maximum Gasteiger partial charge on any atom is 0.169 e. The molecule has 2 atom stereocenters. The van der Waals surface area contributed by atoms with E-state index in [0.717, 1.165) is 75.7 Å². The lowest BCUT2D eigenvalue weighted by Gasteiger charge is -2.43. The molecule has 3 aromatic heterocycles. The minimum Gasteiger partial charge on any atom is -0.507 e. The molecule has 0 radical (unpaired) electrons. The van der Waals surface area contributed by atoms with Gasteiger partial charge >= 0.3 is 0 Å². The van der Waals surface area contributed by atoms with Gasteiger partial charge in [-0.15, -0.1) is 10.2 Å². The molecular weight excluding hydrogens is 514 g/mol. The number of benzene rings is 1. The van der Waals surface area contributed by atoms with Gasteiger partial charge in [-0.2, -0.15) is 0 Å². The van der Waals surface area contributed by atoms with Crippen LogP contribution >= 0.6 is 0 Å². The van der Waals surface area contributed by atoms with Gasteiger partial charge in [0.1, 0.15) is 17.3 Å². The lowest BCUT2D eigenvalue weighted by atomic mass is 10.1. The Kier molecular flexibility index (Phi) is 6.65. The summed E-state index contributed by atoms with van der Waals surface area (Å²) in [6.45, 7) is 5.30. The summed E-state index contributed by atoms with van der Waals surface area (Å²) < 4.78 is 2.24. The van der Waals surface area contributed by atoms with Crippen molar-refractivity contribution in [2.24, 2.45) is 0 Å². The predicted octanol–water partition coefficient (Wildman–Crippen LogP) is 2.79. The van der Waals surface area contributed by atoms with Gasteiger partial charge in [0.15, 0.2) is 5.82 Å². The largest absolute Gasteiger partial charge is 0.507 e. The SMILES string of the molecule is Nc1nnc(-c2ccccc2O)cc1N1CC2CCC(C1)N2c1ccnc(C#CCN2CCc3nccn3CC2)c1. The average molecular weight is 548 g/mol. The van der Waals surface area contributed by atoms with Crippen LogP contribution < -0.4 is 15.5 Å². The van der Waals surface area contributed by atoms with Crippen LogP contribution in [-0.4, -0.2) is 79.5 Å². The zero-order valence-corrected chi connectivity index (χ0v) is 22.9. The van der Waals surface area contributed by atoms with Crippen molar-refractivity contribution in [3.05, 3.63) is 72.6 Å². The molecule has 4 aromatic rings. The van der Waals surface area contributed by atoms with Gasteiger partial charge in [-0.1, -0.05) is 18.1 Å². The first-order valence-electron chi connectivity index (χ1n) is 14.2. The minimum atomic E-state index is 0.179. The fraction of sp³-hybridized carbons (Fsp3) is 0.355. The van der Waals surface area contributed by atoms with Gasteiger partial charge in [-0.05, 0) is 49.1 Å². The van der Waals surface area contributed by atoms with E-state index in [1.807, 2.05) is 30.6 Å². The van der Waals surface area contributed by atoms with E-state index in [0.29, 0.717) is 29.2 Å². The predicted molar refractivity (Wildman–Crippen MR) is 159 cm³/mol. The number of nitrogens with two attached hydrogens (primary N) is 1. The highest BCUT2D eigenvalue weighted by Gasteiger charge is 2.40. The van der Waals surface area contributed by atoms with Crippen LogP contribution in [0.2, 0.25) is 0 Å². The van der Waals surface area contributed by atoms with Gasteiger partial charge in [-0.25, -0.2) is 9.97 Å². The number of phenolic OH excluding ortho intramolecular Hbond substituents is 1. The molecule has 2 fully saturated rings. The average Bonchev–Trinajstić information content (AvgIpc) is 3.49. The summed E-state index contributed by atoms with van der Waals surface area (Å²) in [5.41, 5.74) is 10.4. The van der Waals surface area contributed by atoms with Gasteiger partial charge in [-0.3, -0.25) is 4.90 Å². The number of hydrogen-bond donors (Lipinski definition) is 2. The van der Waals surface area contributed by atoms with E-state index in [9.17, 15) is 5.11 Å². The number of hydrogen-bond acceptors (Lipinski definition) is 9. The number of imidazole rings is 1. The molecule has 3 aliphatic rings. The number of anilines is 3. The number of aromatic nitrogens is 5. The van der Waals surface area contributed by atoms with Crippen molar-refractivity contribution in [2.45, 2.75) is 37.9 Å². The monoisotopic (exact) mass is 547 g/mol. The maximum absolute atomic E-state index is 10.3. The van der Waals surface area contributed by atoms with E-state index in [2.05, 4.69) is 69.6 Å². The summed E-state index contributed by atoms with van der Waals surface area (Å²) in [6, 6.07) is 14.0. The van der Waals surface area contributed by atoms with Crippen LogP contribution in [0.4, 0.5) is 17.2 Å². The number of nitrogen functional groups attached to an aromatic ring is 1. The number of nitrogens with zero attached hydrogens (tertiary/aromatic N) is 8. The molecule has 7 rings (SSSR count). The number of aromatic hydroxyl groups is 1. The van der Waals surface area contributed by atoms with Gasteiger partial charge in [0.25, 0.3) is 0 Å². The van der Waals surface area contributed by atoms with Crippen molar-refractivity contribution in [1.82, 2.24) is 29.6 Å². The maximum atomic E-state index is 10.3. The topological polar surface area (TPSA) is 112 Å². The highest BCUT2D eigenvalue weighted by atomic mass is 16.3. The molecule has 1 aromatic carbocycles. The second-order valence-electron chi connectivity index (χ2n) is 11.0. The van der Waals surface area contributed by atoms with Crippen molar-refractivity contribution in [1.29, 1.82) is 0 Å². The van der Waals surface area contributed by atoms with Crippen LogP contribution in [0.3, 0.4) is 0 Å². The van der Waals surface area contributed by atoms with Crippen LogP contribution in [0.25, 0.3) is 11.3 Å². The van der Waals surface area contributed by atoms with Crippen molar-refractivity contribution in [3.63, 3.8) is 0 Å². The summed E-state index contributed by atoms with van der Waals surface area (Å²) in [5, 5.41) is 18.8. The first-order chi connectivity index (χ1) is 20.1. The molecule has 0 spiro atoms. The smallest absolute Gasteiger partial charge is 0.169 e. The highest BCUT2D eigenvalue weighted by Crippen LogP contribution is 2.39. The molecule has 2 saturated heterocycles. The second-order valence-corrected chi connectivity index (χ2v) is 11.0. The molecule has 3 N–H and O–H groups in total. The summed E-state index contributed by atoms with van der Waals surface area (Å²) in [4.78, 5) is 16.3. The Morgan fingerprint density at radius 3 is 2.66 bits per heavy atom. The molecule has 2 bridgehead atoms. The summed E-state index contributed by atoms with van der Waals surface area (Å²) in [6.07, 6.45) is 9.00. The Hall–Kier alpha value is -4.62. The van der Waals surface area contributed by atoms with Gasteiger partial charge in [0.05, 0.1) is 17.9 Å². The van der Waals surface area contributed by atoms with Crippen molar-refractivity contribution in [3.8, 4) is 28.8 Å². The number of para-hydroxylation sites is 1. The third-order valence-electron chi connectivity index (χ3n) is 8.48. The van der Waals surface area contributed by atoms with Crippen LogP contribution in [0.5, 0.6) is 5.75 Å². The van der Waals surface area contributed by atoms with E-state index in [4.69, 9.17) is 5.73 Å². The molecular formula is C31H33N9O. The Morgan fingerprint density at radius 1 is 0.951 bits per heavy atom. The van der Waals surface area contributed by atoms with E-state index in [-0.39, 0.29) is 5.75 Å². The van der Waals surface area contributed by atoms with Crippen molar-refractivity contribution >= 4 is 17.2 Å². The van der Waals surface area contributed by atoms with E-state index in [1.54, 1.807) is 12.1 Å². The third-order valence-corrected chi connectivity index (χ3v) is 8.48. The number of fused-ring (bicyclic) bond motifs is 3. The Labute approximate surface area is 239 Å². The fourth-order valence-corrected chi connectivity index (χ4v) is 6.43. The second kappa shape index (κ2) is 10.7. The Balaban J connectivity index is 1.04. The van der Waals surface area contributed by atoms with Gasteiger partial charge in [0.2, 0.25) is 0 Å². The molecule has 0 amide bonds. The molecule has 208 valence electrons. The molecule has 10 nitrogen and oxygen atoms in total. The van der Waals surface area contributed by atoms with E-state index >= 15 is 0 Å². The van der Waals surface area contributed by atoms with Crippen LogP contribution in [0, 0.1) is 11.8 Å². The number of piperazine rings is 1. The molecule has 41 heavy (non-hydrogen) atoms. The van der Waals surface area contributed by atoms with Crippen molar-refractivity contribution in [2.75, 3.05) is 48.3 Å². The fourth-order valence-electron chi connectivity index (χ4n) is 6.43. The summed E-state index contributed by atoms with van der Waals surface area (Å²) in [5.74, 6) is 8.41. The molecule has 0 saturated carbocycles. The summed E-state index contributed by atoms with van der Waals surface area (Å²) in [7, 11) is 0. The van der Waals surface area contributed by atoms with Gasteiger partial charge < -0.3 is 25.2 Å². The number of rotatable bonds is 4.